The molecule has 0 aliphatic heterocycles. The van der Waals surface area contributed by atoms with Gasteiger partial charge in [0.25, 0.3) is 5.91 Å². The van der Waals surface area contributed by atoms with Gasteiger partial charge in [-0.1, -0.05) is 58.5 Å². The van der Waals surface area contributed by atoms with E-state index in [2.05, 4.69) is 26.2 Å². The Balaban J connectivity index is 1.79. The number of hydrogen-bond donors (Lipinski definition) is 5. The number of nitrogen functional groups attached to an aromatic ring is 2. The second kappa shape index (κ2) is 15.9. The summed E-state index contributed by atoms with van der Waals surface area (Å²) < 4.78 is 0. The number of carbonyl (C=O) groups is 5. The fourth-order valence-corrected chi connectivity index (χ4v) is 5.26. The van der Waals surface area contributed by atoms with Gasteiger partial charge in [-0.25, -0.2) is 0 Å². The molecular formula is C33H27Cl4N7O5. The Morgan fingerprint density at radius 1 is 0.633 bits per heavy atom. The van der Waals surface area contributed by atoms with Gasteiger partial charge in [-0.05, 0) is 62.4 Å². The fraction of sp³-hybridized carbons (Fsp3) is 0.121. The van der Waals surface area contributed by atoms with Crippen molar-refractivity contribution in [3.8, 4) is 11.1 Å². The molecule has 4 aromatic rings. The molecule has 0 radical (unpaired) electrons. The molecule has 0 unspecified atom stereocenters. The monoisotopic (exact) mass is 741 g/mol. The lowest BCUT2D eigenvalue weighted by molar-refractivity contribution is -0.125. The number of anilines is 5. The number of Topliss-reactive ketones (excluding diaryl/α,β-unsaturated/α-hetero) is 2. The summed E-state index contributed by atoms with van der Waals surface area (Å²) in [6.45, 7) is 2.54. The van der Waals surface area contributed by atoms with E-state index < -0.39 is 24.1 Å². The van der Waals surface area contributed by atoms with Crippen LogP contribution in [0.5, 0.6) is 0 Å². The normalized spacial score (nSPS) is 10.9. The third kappa shape index (κ3) is 9.12. The smallest absolute Gasteiger partial charge is 0.255 e. The zero-order valence-corrected chi connectivity index (χ0v) is 28.8. The number of benzene rings is 4. The highest BCUT2D eigenvalue weighted by atomic mass is 35.5. The maximum Gasteiger partial charge on any atom is 0.255 e. The molecule has 16 heteroatoms. The van der Waals surface area contributed by atoms with Gasteiger partial charge in [0.15, 0.2) is 0 Å². The van der Waals surface area contributed by atoms with E-state index in [1.807, 2.05) is 0 Å². The zero-order chi connectivity index (χ0) is 36.0. The number of amides is 3. The summed E-state index contributed by atoms with van der Waals surface area (Å²) >= 11 is 25.0. The molecule has 0 fully saturated rings. The van der Waals surface area contributed by atoms with E-state index in [1.165, 1.54) is 62.4 Å². The SMILES string of the molecule is CC(=O)CC(=O)Nc1cccc(N)c1N=Nc1c(NC(=O)CC(C)=O)ccc(-c2cc(C(=O)Nc3ccc(Cl)c(Cl)c3Cl)ccc2Cl)c1N. The zero-order valence-electron chi connectivity index (χ0n) is 25.8. The minimum absolute atomic E-state index is 0.0203. The molecule has 0 saturated carbocycles. The van der Waals surface area contributed by atoms with E-state index in [9.17, 15) is 24.0 Å². The van der Waals surface area contributed by atoms with E-state index in [1.54, 1.807) is 12.1 Å². The Bertz CT molecular complexity index is 2050. The molecule has 3 amide bonds. The van der Waals surface area contributed by atoms with Crippen LogP contribution in [0.15, 0.2) is 70.9 Å². The van der Waals surface area contributed by atoms with Gasteiger partial charge < -0.3 is 27.4 Å². The second-order valence-corrected chi connectivity index (χ2v) is 12.2. The van der Waals surface area contributed by atoms with Gasteiger partial charge in [-0.3, -0.25) is 24.0 Å². The summed E-state index contributed by atoms with van der Waals surface area (Å²) in [6, 6.07) is 15.1. The van der Waals surface area contributed by atoms with Crippen LogP contribution in [0, 0.1) is 0 Å². The molecule has 49 heavy (non-hydrogen) atoms. The number of hydrogen-bond acceptors (Lipinski definition) is 9. The number of nitrogens with zero attached hydrogens (tertiary/aromatic N) is 2. The number of ketones is 2. The van der Waals surface area contributed by atoms with E-state index in [4.69, 9.17) is 57.9 Å². The molecule has 12 nitrogen and oxygen atoms in total. The number of rotatable bonds is 11. The Labute approximate surface area is 300 Å². The van der Waals surface area contributed by atoms with Crippen LogP contribution in [-0.4, -0.2) is 29.3 Å². The van der Waals surface area contributed by atoms with Gasteiger partial charge in [0.1, 0.15) is 22.9 Å². The van der Waals surface area contributed by atoms with Crippen molar-refractivity contribution in [2.75, 3.05) is 27.4 Å². The maximum atomic E-state index is 13.2. The molecule has 0 aromatic heterocycles. The van der Waals surface area contributed by atoms with Crippen molar-refractivity contribution in [3.05, 3.63) is 86.3 Å². The van der Waals surface area contributed by atoms with Gasteiger partial charge in [0.2, 0.25) is 11.8 Å². The van der Waals surface area contributed by atoms with Gasteiger partial charge >= 0.3 is 0 Å². The maximum absolute atomic E-state index is 13.2. The first-order valence-electron chi connectivity index (χ1n) is 14.2. The minimum Gasteiger partial charge on any atom is -0.397 e. The lowest BCUT2D eigenvalue weighted by Gasteiger charge is -2.16. The van der Waals surface area contributed by atoms with Crippen molar-refractivity contribution in [1.29, 1.82) is 0 Å². The van der Waals surface area contributed by atoms with Gasteiger partial charge in [-0.2, -0.15) is 0 Å². The lowest BCUT2D eigenvalue weighted by Crippen LogP contribution is -2.15. The molecule has 7 N–H and O–H groups in total. The Morgan fingerprint density at radius 2 is 1.20 bits per heavy atom. The number of azo groups is 1. The quantitative estimate of drug-likeness (QED) is 0.0438. The molecule has 0 aliphatic carbocycles. The average Bonchev–Trinajstić information content (AvgIpc) is 3.01. The van der Waals surface area contributed by atoms with Crippen LogP contribution in [0.2, 0.25) is 20.1 Å². The van der Waals surface area contributed by atoms with E-state index in [0.717, 1.165) is 0 Å². The highest BCUT2D eigenvalue weighted by molar-refractivity contribution is 6.49. The standard InChI is InChI=1S/C33H27Cl4N7O5/c1-15(45)12-26(47)40-24-5-3-4-22(38)31(24)43-44-32-25(41-27(48)13-16(2)46)10-7-18(30(32)39)19-14-17(6-8-20(19)34)33(49)42-23-11-9-21(35)28(36)29(23)37/h3-11,14H,12-13,38-39H2,1-2H3,(H,40,47)(H,41,48)(H,42,49). The first-order valence-corrected chi connectivity index (χ1v) is 15.7. The molecule has 0 aliphatic rings. The van der Waals surface area contributed by atoms with E-state index in [-0.39, 0.29) is 83.5 Å². The minimum atomic E-state index is -0.634. The van der Waals surface area contributed by atoms with E-state index >= 15 is 0 Å². The largest absolute Gasteiger partial charge is 0.397 e. The average molecular weight is 743 g/mol. The second-order valence-electron chi connectivity index (χ2n) is 10.6. The van der Waals surface area contributed by atoms with Crippen molar-refractivity contribution in [2.24, 2.45) is 10.2 Å². The first-order chi connectivity index (χ1) is 23.2. The first kappa shape index (κ1) is 36.8. The molecule has 0 bridgehead atoms. The van der Waals surface area contributed by atoms with Crippen LogP contribution in [0.25, 0.3) is 11.1 Å². The van der Waals surface area contributed by atoms with Crippen molar-refractivity contribution in [2.45, 2.75) is 26.7 Å². The third-order valence-corrected chi connectivity index (χ3v) is 8.33. The summed E-state index contributed by atoms with van der Waals surface area (Å²) in [6.07, 6.45) is -0.785. The molecule has 4 aromatic carbocycles. The third-order valence-electron chi connectivity index (χ3n) is 6.70. The molecule has 0 saturated heterocycles. The number of nitrogens with two attached hydrogens (primary N) is 2. The Morgan fingerprint density at radius 3 is 1.84 bits per heavy atom. The molecule has 0 atom stereocenters. The predicted octanol–water partition coefficient (Wildman–Crippen LogP) is 8.63. The Hall–Kier alpha value is -5.01. The van der Waals surface area contributed by atoms with Crippen LogP contribution in [0.4, 0.5) is 39.8 Å². The van der Waals surface area contributed by atoms with Crippen LogP contribution in [0.3, 0.4) is 0 Å². The highest BCUT2D eigenvalue weighted by Gasteiger charge is 2.20. The van der Waals surface area contributed by atoms with Crippen LogP contribution < -0.4 is 27.4 Å². The molecular weight excluding hydrogens is 716 g/mol. The summed E-state index contributed by atoms with van der Waals surface area (Å²) in [7, 11) is 0. The van der Waals surface area contributed by atoms with Crippen molar-refractivity contribution in [1.82, 2.24) is 0 Å². The summed E-state index contributed by atoms with van der Waals surface area (Å²) in [4.78, 5) is 61.2. The van der Waals surface area contributed by atoms with Crippen molar-refractivity contribution >= 4 is 116 Å². The van der Waals surface area contributed by atoms with Gasteiger partial charge in [-0.15, -0.1) is 10.2 Å². The summed E-state index contributed by atoms with van der Waals surface area (Å²) in [5, 5.41) is 17.0. The van der Waals surface area contributed by atoms with Crippen LogP contribution >= 0.6 is 46.4 Å². The van der Waals surface area contributed by atoms with Crippen LogP contribution in [0.1, 0.15) is 37.0 Å². The van der Waals surface area contributed by atoms with Gasteiger partial charge in [0, 0.05) is 21.7 Å². The number of carbonyl (C=O) groups excluding carboxylic acids is 5. The summed E-state index contributed by atoms with van der Waals surface area (Å²) in [5.74, 6) is -2.50. The highest BCUT2D eigenvalue weighted by Crippen LogP contribution is 2.44. The molecule has 4 rings (SSSR count). The predicted molar refractivity (Wildman–Crippen MR) is 194 cm³/mol. The molecule has 0 spiro atoms. The topological polar surface area (TPSA) is 198 Å². The fourth-order valence-electron chi connectivity index (χ4n) is 4.46. The lowest BCUT2D eigenvalue weighted by atomic mass is 9.99. The van der Waals surface area contributed by atoms with Crippen molar-refractivity contribution < 1.29 is 24.0 Å². The van der Waals surface area contributed by atoms with Gasteiger partial charge in [0.05, 0.1) is 56.3 Å². The Kier molecular flexibility index (Phi) is 12.0. The number of nitrogens with one attached hydrogen (secondary N) is 3. The number of halogens is 4. The molecule has 0 heterocycles. The van der Waals surface area contributed by atoms with E-state index in [0.29, 0.717) is 11.1 Å². The summed E-state index contributed by atoms with van der Waals surface area (Å²) in [5.41, 5.74) is 14.2. The van der Waals surface area contributed by atoms with Crippen LogP contribution in [-0.2, 0) is 19.2 Å². The van der Waals surface area contributed by atoms with Crippen molar-refractivity contribution in [3.63, 3.8) is 0 Å². The molecule has 252 valence electrons.